The summed E-state index contributed by atoms with van der Waals surface area (Å²) in [5.74, 6) is 0.551. The Morgan fingerprint density at radius 3 is 2.50 bits per heavy atom. The van der Waals surface area contributed by atoms with Crippen molar-refractivity contribution in [3.05, 3.63) is 29.8 Å². The number of carboxylic acid groups (broad SMARTS) is 1. The normalized spacial score (nSPS) is 27.7. The van der Waals surface area contributed by atoms with Crippen LogP contribution in [-0.2, 0) is 4.79 Å². The minimum atomic E-state index is -1.02. The lowest BCUT2D eigenvalue weighted by atomic mass is 9.69. The molecule has 1 saturated carbocycles. The number of rotatable bonds is 2. The van der Waals surface area contributed by atoms with Gasteiger partial charge in [-0.05, 0) is 30.4 Å². The molecule has 0 aromatic heterocycles. The van der Waals surface area contributed by atoms with Gasteiger partial charge < -0.3 is 15.3 Å². The molecule has 2 aliphatic rings. The van der Waals surface area contributed by atoms with E-state index in [1.165, 1.54) is 6.42 Å². The second-order valence-electron chi connectivity index (χ2n) is 6.42. The van der Waals surface area contributed by atoms with Crippen LogP contribution in [0.25, 0.3) is 0 Å². The summed E-state index contributed by atoms with van der Waals surface area (Å²) < 4.78 is 0. The first-order valence-corrected chi connectivity index (χ1v) is 7.89. The van der Waals surface area contributed by atoms with Gasteiger partial charge in [0.2, 0.25) is 5.91 Å². The number of carbonyl (C=O) groups is 2. The number of para-hydroxylation sites is 1. The van der Waals surface area contributed by atoms with Gasteiger partial charge in [0, 0.05) is 24.6 Å². The molecule has 0 bridgehead atoms. The van der Waals surface area contributed by atoms with E-state index in [-0.39, 0.29) is 23.9 Å². The Kier molecular flexibility index (Phi) is 3.81. The molecule has 1 heterocycles. The molecule has 3 rings (SSSR count). The third-order valence-corrected chi connectivity index (χ3v) is 5.15. The quantitative estimate of drug-likeness (QED) is 0.881. The molecule has 0 spiro atoms. The molecular formula is C17H22N2O3. The monoisotopic (exact) mass is 302 g/mol. The highest BCUT2D eigenvalue weighted by Gasteiger charge is 2.45. The highest BCUT2D eigenvalue weighted by Crippen LogP contribution is 2.47. The molecule has 22 heavy (non-hydrogen) atoms. The summed E-state index contributed by atoms with van der Waals surface area (Å²) in [6.45, 7) is 3.65. The molecule has 0 radical (unpaired) electrons. The fraction of sp³-hybridized carbons (Fsp3) is 0.529. The predicted octanol–water partition coefficient (Wildman–Crippen LogP) is 3.17. The van der Waals surface area contributed by atoms with E-state index >= 15 is 0 Å². The molecule has 5 nitrogen and oxygen atoms in total. The molecule has 1 fully saturated rings. The van der Waals surface area contributed by atoms with Gasteiger partial charge in [0.25, 0.3) is 0 Å². The molecular weight excluding hydrogens is 280 g/mol. The maximum absolute atomic E-state index is 12.3. The van der Waals surface area contributed by atoms with Crippen molar-refractivity contribution in [3.8, 4) is 0 Å². The van der Waals surface area contributed by atoms with Crippen molar-refractivity contribution < 1.29 is 14.7 Å². The number of nitrogens with one attached hydrogen (secondary N) is 1. The fourth-order valence-corrected chi connectivity index (χ4v) is 3.99. The summed E-state index contributed by atoms with van der Waals surface area (Å²) in [5, 5.41) is 11.8. The van der Waals surface area contributed by atoms with Gasteiger partial charge in [0.15, 0.2) is 0 Å². The Balaban J connectivity index is 2.08. The third-order valence-electron chi connectivity index (χ3n) is 5.15. The number of hydrogen-bond acceptors (Lipinski definition) is 2. The second-order valence-corrected chi connectivity index (χ2v) is 6.42. The summed E-state index contributed by atoms with van der Waals surface area (Å²) in [7, 11) is 0. The number of anilines is 1. The molecule has 3 atom stereocenters. The van der Waals surface area contributed by atoms with E-state index in [1.54, 1.807) is 6.92 Å². The van der Waals surface area contributed by atoms with Crippen LogP contribution in [0.4, 0.5) is 10.5 Å². The van der Waals surface area contributed by atoms with Crippen molar-refractivity contribution >= 4 is 17.7 Å². The standard InChI is InChI=1S/C17H22N2O3/c1-10-15(18-17(21)22)13-8-3-4-9-14(13)19(11(2)20)16(10)12-6-5-7-12/h3-4,8-10,12,15-16,18H,5-7H2,1-2H3,(H,21,22)/t10-,15-,16+/m1/s1. The van der Waals surface area contributed by atoms with E-state index in [2.05, 4.69) is 12.2 Å². The average molecular weight is 302 g/mol. The smallest absolute Gasteiger partial charge is 0.405 e. The van der Waals surface area contributed by atoms with Crippen molar-refractivity contribution in [3.63, 3.8) is 0 Å². The number of carbonyl (C=O) groups excluding carboxylic acids is 1. The van der Waals surface area contributed by atoms with Crippen LogP contribution < -0.4 is 10.2 Å². The molecule has 1 aromatic rings. The van der Waals surface area contributed by atoms with Crippen LogP contribution in [-0.4, -0.2) is 23.1 Å². The largest absolute Gasteiger partial charge is 0.465 e. The minimum absolute atomic E-state index is 0.0324. The zero-order chi connectivity index (χ0) is 15.9. The first-order valence-electron chi connectivity index (χ1n) is 7.89. The predicted molar refractivity (Wildman–Crippen MR) is 83.8 cm³/mol. The molecule has 0 unspecified atom stereocenters. The summed E-state index contributed by atoms with van der Waals surface area (Å²) in [6.07, 6.45) is 2.40. The molecule has 0 saturated heterocycles. The summed E-state index contributed by atoms with van der Waals surface area (Å²) in [6, 6.07) is 7.43. The number of nitrogens with zero attached hydrogens (tertiary/aromatic N) is 1. The zero-order valence-electron chi connectivity index (χ0n) is 13.0. The van der Waals surface area contributed by atoms with Gasteiger partial charge in [0.1, 0.15) is 0 Å². The Hall–Kier alpha value is -2.04. The van der Waals surface area contributed by atoms with Crippen molar-refractivity contribution in [2.45, 2.75) is 45.2 Å². The van der Waals surface area contributed by atoms with Gasteiger partial charge in [-0.15, -0.1) is 0 Å². The molecule has 118 valence electrons. The van der Waals surface area contributed by atoms with Gasteiger partial charge in [-0.2, -0.15) is 0 Å². The number of fused-ring (bicyclic) bond motifs is 1. The van der Waals surface area contributed by atoms with Gasteiger partial charge in [-0.1, -0.05) is 31.5 Å². The van der Waals surface area contributed by atoms with Crippen LogP contribution in [0.3, 0.4) is 0 Å². The average Bonchev–Trinajstić information content (AvgIpc) is 2.40. The summed E-state index contributed by atoms with van der Waals surface area (Å²) >= 11 is 0. The number of hydrogen-bond donors (Lipinski definition) is 2. The van der Waals surface area contributed by atoms with Crippen molar-refractivity contribution in [1.82, 2.24) is 5.32 Å². The fourth-order valence-electron chi connectivity index (χ4n) is 3.99. The second kappa shape index (κ2) is 5.63. The molecule has 1 aliphatic carbocycles. The molecule has 2 N–H and O–H groups in total. The lowest BCUT2D eigenvalue weighted by molar-refractivity contribution is -0.118. The molecule has 2 amide bonds. The van der Waals surface area contributed by atoms with Gasteiger partial charge in [0.05, 0.1) is 6.04 Å². The van der Waals surface area contributed by atoms with Crippen molar-refractivity contribution in [2.75, 3.05) is 4.90 Å². The maximum atomic E-state index is 12.3. The van der Waals surface area contributed by atoms with Crippen molar-refractivity contribution in [1.29, 1.82) is 0 Å². The van der Waals surface area contributed by atoms with Crippen LogP contribution in [0.2, 0.25) is 0 Å². The number of benzene rings is 1. The van der Waals surface area contributed by atoms with Gasteiger partial charge in [-0.25, -0.2) is 4.79 Å². The Bertz CT molecular complexity index is 597. The van der Waals surface area contributed by atoms with E-state index in [9.17, 15) is 14.7 Å². The lowest BCUT2D eigenvalue weighted by Gasteiger charge is -2.50. The van der Waals surface area contributed by atoms with Crippen LogP contribution in [0, 0.1) is 11.8 Å². The highest BCUT2D eigenvalue weighted by atomic mass is 16.4. The van der Waals surface area contributed by atoms with Crippen LogP contribution >= 0.6 is 0 Å². The molecule has 1 aliphatic heterocycles. The molecule has 5 heteroatoms. The van der Waals surface area contributed by atoms with Gasteiger partial charge in [-0.3, -0.25) is 4.79 Å². The SMILES string of the molecule is CC(=O)N1c2ccccc2[C@H](NC(=O)O)[C@@H](C)[C@H]1C1CCC1. The Morgan fingerprint density at radius 2 is 1.95 bits per heavy atom. The lowest BCUT2D eigenvalue weighted by Crippen LogP contribution is -2.56. The molecule has 1 aromatic carbocycles. The van der Waals surface area contributed by atoms with Crippen LogP contribution in [0.15, 0.2) is 24.3 Å². The Morgan fingerprint density at radius 1 is 1.27 bits per heavy atom. The summed E-state index contributed by atoms with van der Waals surface area (Å²) in [5.41, 5.74) is 1.74. The topological polar surface area (TPSA) is 69.6 Å². The van der Waals surface area contributed by atoms with Crippen molar-refractivity contribution in [2.24, 2.45) is 11.8 Å². The van der Waals surface area contributed by atoms with E-state index in [0.29, 0.717) is 5.92 Å². The number of amides is 2. The highest BCUT2D eigenvalue weighted by molar-refractivity contribution is 5.94. The zero-order valence-corrected chi connectivity index (χ0v) is 13.0. The first kappa shape index (κ1) is 14.9. The first-order chi connectivity index (χ1) is 10.5. The van der Waals surface area contributed by atoms with E-state index in [4.69, 9.17) is 0 Å². The van der Waals surface area contributed by atoms with Crippen LogP contribution in [0.5, 0.6) is 0 Å². The third kappa shape index (κ3) is 2.34. The maximum Gasteiger partial charge on any atom is 0.405 e. The minimum Gasteiger partial charge on any atom is -0.465 e. The van der Waals surface area contributed by atoms with Crippen LogP contribution in [0.1, 0.15) is 44.7 Å². The van der Waals surface area contributed by atoms with E-state index < -0.39 is 6.09 Å². The van der Waals surface area contributed by atoms with E-state index in [0.717, 1.165) is 24.1 Å². The Labute approximate surface area is 130 Å². The van der Waals surface area contributed by atoms with Gasteiger partial charge >= 0.3 is 6.09 Å². The van der Waals surface area contributed by atoms with E-state index in [1.807, 2.05) is 29.2 Å². The summed E-state index contributed by atoms with van der Waals surface area (Å²) in [4.78, 5) is 25.4.